The van der Waals surface area contributed by atoms with Crippen LogP contribution in [0.3, 0.4) is 0 Å². The summed E-state index contributed by atoms with van der Waals surface area (Å²) in [5, 5.41) is 0. The molecule has 0 aromatic heterocycles. The zero-order chi connectivity index (χ0) is 9.84. The highest BCUT2D eigenvalue weighted by Gasteiger charge is 2.08. The van der Waals surface area contributed by atoms with Crippen molar-refractivity contribution in [3.63, 3.8) is 0 Å². The SMILES string of the molecule is COc1cc(OC)c(OC)cc1Br. The van der Waals surface area contributed by atoms with Crippen molar-refractivity contribution in [3.8, 4) is 17.2 Å². The van der Waals surface area contributed by atoms with Crippen LogP contribution in [0.25, 0.3) is 0 Å². The summed E-state index contributed by atoms with van der Waals surface area (Å²) in [4.78, 5) is 0. The molecule has 1 aromatic rings. The lowest BCUT2D eigenvalue weighted by atomic mass is 10.3. The summed E-state index contributed by atoms with van der Waals surface area (Å²) in [5.41, 5.74) is 0. The molecule has 0 saturated heterocycles. The van der Waals surface area contributed by atoms with Crippen LogP contribution in [0.4, 0.5) is 0 Å². The van der Waals surface area contributed by atoms with Gasteiger partial charge in [0.2, 0.25) is 0 Å². The molecule has 0 unspecified atom stereocenters. The van der Waals surface area contributed by atoms with Crippen molar-refractivity contribution >= 4 is 15.9 Å². The summed E-state index contributed by atoms with van der Waals surface area (Å²) >= 11 is 3.35. The molecule has 13 heavy (non-hydrogen) atoms. The first-order chi connectivity index (χ1) is 6.22. The van der Waals surface area contributed by atoms with E-state index in [1.54, 1.807) is 33.5 Å². The second kappa shape index (κ2) is 4.37. The third-order valence-electron chi connectivity index (χ3n) is 1.66. The van der Waals surface area contributed by atoms with Crippen LogP contribution in [0, 0.1) is 0 Å². The van der Waals surface area contributed by atoms with Gasteiger partial charge in [-0.25, -0.2) is 0 Å². The van der Waals surface area contributed by atoms with Gasteiger partial charge in [0.1, 0.15) is 5.75 Å². The van der Waals surface area contributed by atoms with Crippen LogP contribution in [0.15, 0.2) is 16.6 Å². The third kappa shape index (κ3) is 2.06. The standard InChI is InChI=1S/C9H11BrO3/c1-11-7-5-9(13-3)8(12-2)4-6(7)10/h4-5H,1-3H3. The fourth-order valence-corrected chi connectivity index (χ4v) is 1.48. The molecule has 0 fully saturated rings. The van der Waals surface area contributed by atoms with Crippen LogP contribution in [0.1, 0.15) is 0 Å². The first kappa shape index (κ1) is 10.2. The van der Waals surface area contributed by atoms with Gasteiger partial charge in [0.25, 0.3) is 0 Å². The largest absolute Gasteiger partial charge is 0.495 e. The number of ether oxygens (including phenoxy) is 3. The molecule has 0 atom stereocenters. The van der Waals surface area contributed by atoms with Gasteiger partial charge in [0.05, 0.1) is 25.8 Å². The molecule has 0 aliphatic heterocycles. The zero-order valence-corrected chi connectivity index (χ0v) is 9.34. The van der Waals surface area contributed by atoms with Gasteiger partial charge in [0.15, 0.2) is 11.5 Å². The molecule has 0 spiro atoms. The summed E-state index contributed by atoms with van der Waals surface area (Å²) in [6.45, 7) is 0. The molecule has 1 rings (SSSR count). The Morgan fingerprint density at radius 3 is 1.77 bits per heavy atom. The second-order valence-corrected chi connectivity index (χ2v) is 3.20. The Hall–Kier alpha value is -0.900. The van der Waals surface area contributed by atoms with Crippen molar-refractivity contribution in [2.45, 2.75) is 0 Å². The van der Waals surface area contributed by atoms with E-state index in [0.29, 0.717) is 11.5 Å². The van der Waals surface area contributed by atoms with E-state index >= 15 is 0 Å². The van der Waals surface area contributed by atoms with Crippen LogP contribution in [-0.2, 0) is 0 Å². The van der Waals surface area contributed by atoms with Crippen LogP contribution in [0.5, 0.6) is 17.2 Å². The molecule has 0 N–H and O–H groups in total. The molecule has 0 heterocycles. The average molecular weight is 247 g/mol. The van der Waals surface area contributed by atoms with Crippen molar-refractivity contribution in [2.75, 3.05) is 21.3 Å². The van der Waals surface area contributed by atoms with Crippen LogP contribution in [-0.4, -0.2) is 21.3 Å². The van der Waals surface area contributed by atoms with E-state index < -0.39 is 0 Å². The van der Waals surface area contributed by atoms with E-state index in [-0.39, 0.29) is 0 Å². The number of hydrogen-bond acceptors (Lipinski definition) is 3. The third-order valence-corrected chi connectivity index (χ3v) is 2.28. The molecule has 0 aliphatic carbocycles. The minimum Gasteiger partial charge on any atom is -0.495 e. The Labute approximate surface area is 85.7 Å². The normalized spacial score (nSPS) is 9.54. The number of hydrogen-bond donors (Lipinski definition) is 0. The Kier molecular flexibility index (Phi) is 3.42. The highest BCUT2D eigenvalue weighted by Crippen LogP contribution is 2.37. The lowest BCUT2D eigenvalue weighted by molar-refractivity contribution is 0.348. The van der Waals surface area contributed by atoms with Gasteiger partial charge in [0, 0.05) is 12.1 Å². The molecule has 0 saturated carbocycles. The van der Waals surface area contributed by atoms with Crippen molar-refractivity contribution in [1.29, 1.82) is 0 Å². The Bertz CT molecular complexity index is 299. The summed E-state index contributed by atoms with van der Waals surface area (Å²) in [5.74, 6) is 2.05. The number of halogens is 1. The lowest BCUT2D eigenvalue weighted by Crippen LogP contribution is -1.92. The first-order valence-corrected chi connectivity index (χ1v) is 4.47. The smallest absolute Gasteiger partial charge is 0.164 e. The summed E-state index contributed by atoms with van der Waals surface area (Å²) in [6.07, 6.45) is 0. The number of rotatable bonds is 3. The topological polar surface area (TPSA) is 27.7 Å². The van der Waals surface area contributed by atoms with E-state index in [0.717, 1.165) is 10.2 Å². The van der Waals surface area contributed by atoms with E-state index in [9.17, 15) is 0 Å². The van der Waals surface area contributed by atoms with Crippen molar-refractivity contribution < 1.29 is 14.2 Å². The Balaban J connectivity index is 3.18. The van der Waals surface area contributed by atoms with Gasteiger partial charge in [-0.15, -0.1) is 0 Å². The maximum absolute atomic E-state index is 5.11. The fraction of sp³-hybridized carbons (Fsp3) is 0.333. The fourth-order valence-electron chi connectivity index (χ4n) is 0.992. The van der Waals surface area contributed by atoms with Crippen LogP contribution < -0.4 is 14.2 Å². The molecule has 0 amide bonds. The van der Waals surface area contributed by atoms with E-state index in [2.05, 4.69) is 15.9 Å². The monoisotopic (exact) mass is 246 g/mol. The van der Waals surface area contributed by atoms with Gasteiger partial charge in [-0.3, -0.25) is 0 Å². The molecule has 0 bridgehead atoms. The van der Waals surface area contributed by atoms with Crippen LogP contribution >= 0.6 is 15.9 Å². The highest BCUT2D eigenvalue weighted by atomic mass is 79.9. The highest BCUT2D eigenvalue weighted by molar-refractivity contribution is 9.10. The van der Waals surface area contributed by atoms with Crippen molar-refractivity contribution in [3.05, 3.63) is 16.6 Å². The molecule has 4 heteroatoms. The molecule has 3 nitrogen and oxygen atoms in total. The quantitative estimate of drug-likeness (QED) is 0.821. The minimum atomic E-state index is 0.655. The second-order valence-electron chi connectivity index (χ2n) is 2.34. The zero-order valence-electron chi connectivity index (χ0n) is 7.76. The van der Waals surface area contributed by atoms with E-state index in [4.69, 9.17) is 14.2 Å². The minimum absolute atomic E-state index is 0.655. The molecule has 72 valence electrons. The summed E-state index contributed by atoms with van der Waals surface area (Å²) in [7, 11) is 4.79. The molecule has 0 aliphatic rings. The van der Waals surface area contributed by atoms with Crippen molar-refractivity contribution in [1.82, 2.24) is 0 Å². The van der Waals surface area contributed by atoms with Gasteiger partial charge >= 0.3 is 0 Å². The van der Waals surface area contributed by atoms with Gasteiger partial charge < -0.3 is 14.2 Å². The molecular weight excluding hydrogens is 236 g/mol. The van der Waals surface area contributed by atoms with Crippen molar-refractivity contribution in [2.24, 2.45) is 0 Å². The first-order valence-electron chi connectivity index (χ1n) is 3.68. The van der Waals surface area contributed by atoms with E-state index in [1.807, 2.05) is 0 Å². The maximum atomic E-state index is 5.11. The number of benzene rings is 1. The van der Waals surface area contributed by atoms with Gasteiger partial charge in [-0.2, -0.15) is 0 Å². The predicted octanol–water partition coefficient (Wildman–Crippen LogP) is 2.47. The van der Waals surface area contributed by atoms with Crippen LogP contribution in [0.2, 0.25) is 0 Å². The Morgan fingerprint density at radius 1 is 0.846 bits per heavy atom. The Morgan fingerprint density at radius 2 is 1.31 bits per heavy atom. The molecule has 1 aromatic carbocycles. The predicted molar refractivity (Wildman–Crippen MR) is 53.8 cm³/mol. The average Bonchev–Trinajstić information content (AvgIpc) is 2.17. The van der Waals surface area contributed by atoms with E-state index in [1.165, 1.54) is 0 Å². The molecular formula is C9H11BrO3. The summed E-state index contributed by atoms with van der Waals surface area (Å²) in [6, 6.07) is 3.57. The molecule has 0 radical (unpaired) electrons. The summed E-state index contributed by atoms with van der Waals surface area (Å²) < 4.78 is 16.2. The number of methoxy groups -OCH3 is 3. The van der Waals surface area contributed by atoms with Gasteiger partial charge in [-0.05, 0) is 15.9 Å². The lowest BCUT2D eigenvalue weighted by Gasteiger charge is -2.10. The van der Waals surface area contributed by atoms with Gasteiger partial charge in [-0.1, -0.05) is 0 Å². The maximum Gasteiger partial charge on any atom is 0.164 e.